The van der Waals surface area contributed by atoms with E-state index < -0.39 is 0 Å². The molecular formula is C21H21N3O3. The molecule has 0 bridgehead atoms. The molecule has 1 atom stereocenters. The SMILES string of the molecule is COc1ccc2c(c1)C[C@@H](C(=O)NCc1cn[nH]c1-c1ccccc1)CO2. The summed E-state index contributed by atoms with van der Waals surface area (Å²) in [5.41, 5.74) is 3.91. The van der Waals surface area contributed by atoms with E-state index in [2.05, 4.69) is 15.5 Å². The van der Waals surface area contributed by atoms with Crippen LogP contribution in [0.4, 0.5) is 0 Å². The van der Waals surface area contributed by atoms with Crippen LogP contribution in [0.2, 0.25) is 0 Å². The van der Waals surface area contributed by atoms with Crippen LogP contribution < -0.4 is 14.8 Å². The number of hydrogen-bond acceptors (Lipinski definition) is 4. The quantitative estimate of drug-likeness (QED) is 0.731. The van der Waals surface area contributed by atoms with Gasteiger partial charge in [0.2, 0.25) is 5.91 Å². The first-order valence-electron chi connectivity index (χ1n) is 8.89. The van der Waals surface area contributed by atoms with Crippen LogP contribution in [0, 0.1) is 5.92 Å². The lowest BCUT2D eigenvalue weighted by atomic mass is 9.95. The minimum absolute atomic E-state index is 0.0244. The molecule has 2 aromatic carbocycles. The Morgan fingerprint density at radius 1 is 1.30 bits per heavy atom. The first-order valence-corrected chi connectivity index (χ1v) is 8.89. The van der Waals surface area contributed by atoms with Crippen LogP contribution in [0.1, 0.15) is 11.1 Å². The summed E-state index contributed by atoms with van der Waals surface area (Å²) in [6, 6.07) is 15.6. The highest BCUT2D eigenvalue weighted by molar-refractivity contribution is 5.80. The van der Waals surface area contributed by atoms with Gasteiger partial charge in [0, 0.05) is 12.1 Å². The molecule has 1 aliphatic heterocycles. The molecule has 6 nitrogen and oxygen atoms in total. The highest BCUT2D eigenvalue weighted by Crippen LogP contribution is 2.30. The van der Waals surface area contributed by atoms with Gasteiger partial charge in [-0.15, -0.1) is 0 Å². The zero-order valence-electron chi connectivity index (χ0n) is 15.1. The smallest absolute Gasteiger partial charge is 0.227 e. The minimum Gasteiger partial charge on any atom is -0.497 e. The molecule has 6 heteroatoms. The van der Waals surface area contributed by atoms with Gasteiger partial charge < -0.3 is 14.8 Å². The predicted octanol–water partition coefficient (Wildman–Crippen LogP) is 2.95. The van der Waals surface area contributed by atoms with Gasteiger partial charge in [-0.3, -0.25) is 9.89 Å². The number of H-pyrrole nitrogens is 1. The van der Waals surface area contributed by atoms with Crippen molar-refractivity contribution in [1.29, 1.82) is 0 Å². The Hall–Kier alpha value is -3.28. The summed E-state index contributed by atoms with van der Waals surface area (Å²) in [6.07, 6.45) is 2.38. The van der Waals surface area contributed by atoms with Crippen molar-refractivity contribution in [1.82, 2.24) is 15.5 Å². The third kappa shape index (κ3) is 3.65. The highest BCUT2D eigenvalue weighted by Gasteiger charge is 2.26. The molecule has 1 amide bonds. The molecule has 138 valence electrons. The molecule has 0 spiro atoms. The molecule has 27 heavy (non-hydrogen) atoms. The van der Waals surface area contributed by atoms with Crippen molar-refractivity contribution in [2.45, 2.75) is 13.0 Å². The highest BCUT2D eigenvalue weighted by atomic mass is 16.5. The number of amides is 1. The molecule has 2 heterocycles. The first-order chi connectivity index (χ1) is 13.2. The van der Waals surface area contributed by atoms with Gasteiger partial charge in [0.25, 0.3) is 0 Å². The van der Waals surface area contributed by atoms with Gasteiger partial charge in [0.15, 0.2) is 0 Å². The fraction of sp³-hybridized carbons (Fsp3) is 0.238. The van der Waals surface area contributed by atoms with Crippen molar-refractivity contribution in [3.63, 3.8) is 0 Å². The third-order valence-electron chi connectivity index (χ3n) is 4.78. The molecular weight excluding hydrogens is 342 g/mol. The lowest BCUT2D eigenvalue weighted by Crippen LogP contribution is -2.37. The number of hydrogen-bond donors (Lipinski definition) is 2. The Bertz CT molecular complexity index is 937. The predicted molar refractivity (Wildman–Crippen MR) is 102 cm³/mol. The van der Waals surface area contributed by atoms with Gasteiger partial charge in [-0.2, -0.15) is 5.10 Å². The molecule has 0 saturated heterocycles. The van der Waals surface area contributed by atoms with E-state index in [1.54, 1.807) is 13.3 Å². The number of aromatic nitrogens is 2. The van der Waals surface area contributed by atoms with Crippen molar-refractivity contribution >= 4 is 5.91 Å². The lowest BCUT2D eigenvalue weighted by molar-refractivity contribution is -0.126. The number of aromatic amines is 1. The maximum Gasteiger partial charge on any atom is 0.227 e. The second kappa shape index (κ2) is 7.53. The summed E-state index contributed by atoms with van der Waals surface area (Å²) in [7, 11) is 1.63. The fourth-order valence-electron chi connectivity index (χ4n) is 3.29. The second-order valence-electron chi connectivity index (χ2n) is 6.54. The number of carbonyl (C=O) groups excluding carboxylic acids is 1. The van der Waals surface area contributed by atoms with E-state index in [-0.39, 0.29) is 11.8 Å². The normalized spacial score (nSPS) is 15.5. The van der Waals surface area contributed by atoms with E-state index in [0.29, 0.717) is 19.6 Å². The summed E-state index contributed by atoms with van der Waals surface area (Å²) in [5, 5.41) is 10.1. The lowest BCUT2D eigenvalue weighted by Gasteiger charge is -2.25. The van der Waals surface area contributed by atoms with Crippen LogP contribution in [-0.4, -0.2) is 29.8 Å². The first kappa shape index (κ1) is 17.1. The molecule has 0 aliphatic carbocycles. The van der Waals surface area contributed by atoms with Gasteiger partial charge in [0.1, 0.15) is 18.1 Å². The van der Waals surface area contributed by atoms with Gasteiger partial charge in [-0.1, -0.05) is 30.3 Å². The van der Waals surface area contributed by atoms with Crippen LogP contribution in [0.5, 0.6) is 11.5 Å². The van der Waals surface area contributed by atoms with E-state index in [4.69, 9.17) is 9.47 Å². The van der Waals surface area contributed by atoms with Crippen molar-refractivity contribution in [2.75, 3.05) is 13.7 Å². The van der Waals surface area contributed by atoms with Crippen molar-refractivity contribution in [3.8, 4) is 22.8 Å². The van der Waals surface area contributed by atoms with Crippen molar-refractivity contribution in [2.24, 2.45) is 5.92 Å². The Kier molecular flexibility index (Phi) is 4.78. The maximum absolute atomic E-state index is 12.7. The summed E-state index contributed by atoms with van der Waals surface area (Å²) in [4.78, 5) is 12.7. The number of rotatable bonds is 5. The topological polar surface area (TPSA) is 76.2 Å². The molecule has 0 saturated carbocycles. The zero-order valence-corrected chi connectivity index (χ0v) is 15.1. The number of fused-ring (bicyclic) bond motifs is 1. The summed E-state index contributed by atoms with van der Waals surface area (Å²) >= 11 is 0. The molecule has 2 N–H and O–H groups in total. The van der Waals surface area contributed by atoms with E-state index in [0.717, 1.165) is 33.9 Å². The number of nitrogens with one attached hydrogen (secondary N) is 2. The average molecular weight is 363 g/mol. The maximum atomic E-state index is 12.7. The molecule has 1 aromatic heterocycles. The molecule has 3 aromatic rings. The Balaban J connectivity index is 1.41. The number of carbonyl (C=O) groups is 1. The number of nitrogens with zero attached hydrogens (tertiary/aromatic N) is 1. The number of benzene rings is 2. The standard InChI is InChI=1S/C21H21N3O3/c1-26-18-7-8-19-15(10-18)9-16(13-27-19)21(25)22-11-17-12-23-24-20(17)14-5-3-2-4-6-14/h2-8,10,12,16H,9,11,13H2,1H3,(H,22,25)(H,23,24)/t16-/m1/s1. The van der Waals surface area contributed by atoms with Crippen molar-refractivity contribution in [3.05, 3.63) is 65.9 Å². The molecule has 0 unspecified atom stereocenters. The fourth-order valence-corrected chi connectivity index (χ4v) is 3.29. The molecule has 0 fully saturated rings. The summed E-state index contributed by atoms with van der Waals surface area (Å²) in [5.74, 6) is 1.34. The van der Waals surface area contributed by atoms with Crippen LogP contribution in [-0.2, 0) is 17.8 Å². The molecule has 1 aliphatic rings. The van der Waals surface area contributed by atoms with Gasteiger partial charge in [-0.05, 0) is 35.7 Å². The van der Waals surface area contributed by atoms with Crippen LogP contribution >= 0.6 is 0 Å². The molecule has 4 rings (SSSR count). The van der Waals surface area contributed by atoms with E-state index >= 15 is 0 Å². The Labute approximate surface area is 157 Å². The van der Waals surface area contributed by atoms with Gasteiger partial charge >= 0.3 is 0 Å². The summed E-state index contributed by atoms with van der Waals surface area (Å²) in [6.45, 7) is 0.795. The van der Waals surface area contributed by atoms with E-state index in [1.807, 2.05) is 48.5 Å². The van der Waals surface area contributed by atoms with E-state index in [1.165, 1.54) is 0 Å². The van der Waals surface area contributed by atoms with Crippen LogP contribution in [0.15, 0.2) is 54.7 Å². The monoisotopic (exact) mass is 363 g/mol. The zero-order chi connectivity index (χ0) is 18.6. The average Bonchev–Trinajstić information content (AvgIpc) is 3.20. The summed E-state index contributed by atoms with van der Waals surface area (Å²) < 4.78 is 11.0. The van der Waals surface area contributed by atoms with E-state index in [9.17, 15) is 4.79 Å². The van der Waals surface area contributed by atoms with Crippen LogP contribution in [0.25, 0.3) is 11.3 Å². The number of methoxy groups -OCH3 is 1. The largest absolute Gasteiger partial charge is 0.497 e. The Morgan fingerprint density at radius 2 is 2.15 bits per heavy atom. The Morgan fingerprint density at radius 3 is 2.96 bits per heavy atom. The third-order valence-corrected chi connectivity index (χ3v) is 4.78. The molecule has 0 radical (unpaired) electrons. The van der Waals surface area contributed by atoms with Gasteiger partial charge in [-0.25, -0.2) is 0 Å². The van der Waals surface area contributed by atoms with Gasteiger partial charge in [0.05, 0.1) is 24.9 Å². The number of ether oxygens (including phenoxy) is 2. The second-order valence-corrected chi connectivity index (χ2v) is 6.54. The van der Waals surface area contributed by atoms with Crippen LogP contribution in [0.3, 0.4) is 0 Å². The minimum atomic E-state index is -0.225. The van der Waals surface area contributed by atoms with Crippen molar-refractivity contribution < 1.29 is 14.3 Å².